The van der Waals surface area contributed by atoms with E-state index in [1.165, 1.54) is 29.2 Å². The van der Waals surface area contributed by atoms with Gasteiger partial charge in [0.25, 0.3) is 5.91 Å². The fourth-order valence-corrected chi connectivity index (χ4v) is 4.73. The van der Waals surface area contributed by atoms with Crippen LogP contribution in [0.5, 0.6) is 0 Å². The number of halogens is 2. The van der Waals surface area contributed by atoms with Gasteiger partial charge in [-0.2, -0.15) is 0 Å². The molecule has 2 saturated heterocycles. The molecule has 2 amide bonds. The van der Waals surface area contributed by atoms with Gasteiger partial charge < -0.3 is 9.64 Å². The topological polar surface area (TPSA) is 49.9 Å². The third-order valence-corrected chi connectivity index (χ3v) is 6.58. The Morgan fingerprint density at radius 2 is 1.56 bits per heavy atom. The molecule has 0 aliphatic carbocycles. The normalized spacial score (nSPS) is 20.4. The second kappa shape index (κ2) is 8.89. The first-order valence-electron chi connectivity index (χ1n) is 11.3. The van der Waals surface area contributed by atoms with Crippen molar-refractivity contribution in [2.75, 3.05) is 24.5 Å². The molecule has 2 heterocycles. The zero-order valence-corrected chi connectivity index (χ0v) is 18.5. The van der Waals surface area contributed by atoms with Gasteiger partial charge in [0, 0.05) is 30.8 Å². The van der Waals surface area contributed by atoms with Crippen LogP contribution in [0, 0.1) is 11.6 Å². The van der Waals surface area contributed by atoms with Crippen LogP contribution < -0.4 is 4.90 Å². The molecule has 0 N–H and O–H groups in total. The minimum Gasteiger partial charge on any atom is -0.441 e. The van der Waals surface area contributed by atoms with Gasteiger partial charge in [0.05, 0.1) is 6.54 Å². The maximum atomic E-state index is 13.3. The molecule has 1 spiro atoms. The van der Waals surface area contributed by atoms with Crippen molar-refractivity contribution in [3.05, 3.63) is 90.0 Å². The lowest BCUT2D eigenvalue weighted by atomic mass is 9.95. The van der Waals surface area contributed by atoms with Gasteiger partial charge in [-0.25, -0.2) is 13.6 Å². The van der Waals surface area contributed by atoms with Crippen LogP contribution in [0.2, 0.25) is 0 Å². The fourth-order valence-electron chi connectivity index (χ4n) is 4.73. The minimum atomic E-state index is -0.670. The van der Waals surface area contributed by atoms with Gasteiger partial charge >= 0.3 is 6.09 Å². The van der Waals surface area contributed by atoms with Gasteiger partial charge in [-0.3, -0.25) is 9.69 Å². The lowest BCUT2D eigenvalue weighted by Crippen LogP contribution is -2.37. The standard InChI is InChI=1S/C27H24F2N2O3/c28-22-7-5-19(6-8-22)20-3-1-4-21(17-20)25(32)30-15-2-13-27(14-16-30)18-31(26(33)34-27)24-11-9-23(29)10-12-24/h1,3-12,17H,2,13-16,18H2. The maximum absolute atomic E-state index is 13.3. The Kier molecular flexibility index (Phi) is 5.77. The third kappa shape index (κ3) is 4.38. The monoisotopic (exact) mass is 462 g/mol. The Bertz CT molecular complexity index is 1210. The van der Waals surface area contributed by atoms with Crippen LogP contribution in [-0.4, -0.2) is 42.1 Å². The predicted octanol–water partition coefficient (Wildman–Crippen LogP) is 5.65. The molecule has 0 bridgehead atoms. The van der Waals surface area contributed by atoms with Crippen LogP contribution >= 0.6 is 0 Å². The van der Waals surface area contributed by atoms with Gasteiger partial charge in [-0.05, 0) is 72.5 Å². The van der Waals surface area contributed by atoms with E-state index in [1.807, 2.05) is 18.2 Å². The molecule has 3 aromatic carbocycles. The van der Waals surface area contributed by atoms with E-state index in [1.54, 1.807) is 35.2 Å². The molecule has 0 saturated carbocycles. The number of nitrogens with zero attached hydrogens (tertiary/aromatic N) is 2. The van der Waals surface area contributed by atoms with Crippen molar-refractivity contribution < 1.29 is 23.1 Å². The first kappa shape index (κ1) is 22.1. The van der Waals surface area contributed by atoms with Crippen LogP contribution in [0.15, 0.2) is 72.8 Å². The number of hydrogen-bond donors (Lipinski definition) is 0. The second-order valence-electron chi connectivity index (χ2n) is 8.85. The first-order chi connectivity index (χ1) is 16.4. The Morgan fingerprint density at radius 3 is 2.29 bits per heavy atom. The Balaban J connectivity index is 1.29. The number of hydrogen-bond acceptors (Lipinski definition) is 3. The summed E-state index contributed by atoms with van der Waals surface area (Å²) in [6.45, 7) is 1.40. The van der Waals surface area contributed by atoms with Crippen LogP contribution in [0.25, 0.3) is 11.1 Å². The summed E-state index contributed by atoms with van der Waals surface area (Å²) in [5, 5.41) is 0. The van der Waals surface area contributed by atoms with Crippen molar-refractivity contribution in [3.63, 3.8) is 0 Å². The second-order valence-corrected chi connectivity index (χ2v) is 8.85. The Morgan fingerprint density at radius 1 is 0.853 bits per heavy atom. The molecule has 2 fully saturated rings. The summed E-state index contributed by atoms with van der Waals surface area (Å²) < 4.78 is 32.4. The summed E-state index contributed by atoms with van der Waals surface area (Å²) in [4.78, 5) is 29.2. The van der Waals surface area contributed by atoms with E-state index in [9.17, 15) is 18.4 Å². The number of benzene rings is 3. The SMILES string of the molecule is O=C(c1cccc(-c2ccc(F)cc2)c1)N1CCCC2(CC1)CN(c1ccc(F)cc1)C(=O)O2. The van der Waals surface area contributed by atoms with Gasteiger partial charge in [0.2, 0.25) is 0 Å². The maximum Gasteiger partial charge on any atom is 0.415 e. The molecule has 5 rings (SSSR count). The van der Waals surface area contributed by atoms with Gasteiger partial charge in [-0.1, -0.05) is 24.3 Å². The van der Waals surface area contributed by atoms with E-state index in [0.717, 1.165) is 11.1 Å². The summed E-state index contributed by atoms with van der Waals surface area (Å²) in [5.41, 5.74) is 2.17. The lowest BCUT2D eigenvalue weighted by molar-refractivity contribution is 0.0438. The molecule has 2 aliphatic rings. The molecule has 3 aromatic rings. The number of rotatable bonds is 3. The van der Waals surface area contributed by atoms with E-state index in [0.29, 0.717) is 50.1 Å². The van der Waals surface area contributed by atoms with E-state index in [-0.39, 0.29) is 17.5 Å². The summed E-state index contributed by atoms with van der Waals surface area (Å²) in [6.07, 6.45) is 1.43. The number of carbonyl (C=O) groups excluding carboxylic acids is 2. The van der Waals surface area contributed by atoms with Crippen LogP contribution in [-0.2, 0) is 4.74 Å². The highest BCUT2D eigenvalue weighted by Crippen LogP contribution is 2.36. The molecule has 174 valence electrons. The molecule has 0 radical (unpaired) electrons. The largest absolute Gasteiger partial charge is 0.441 e. The highest BCUT2D eigenvalue weighted by molar-refractivity contribution is 5.95. The van der Waals surface area contributed by atoms with Crippen molar-refractivity contribution in [3.8, 4) is 11.1 Å². The van der Waals surface area contributed by atoms with Crippen molar-refractivity contribution in [2.45, 2.75) is 24.9 Å². The van der Waals surface area contributed by atoms with Crippen molar-refractivity contribution in [1.82, 2.24) is 4.90 Å². The summed E-state index contributed by atoms with van der Waals surface area (Å²) in [6, 6.07) is 19.3. The molecule has 5 nitrogen and oxygen atoms in total. The van der Waals surface area contributed by atoms with Gasteiger partial charge in [0.1, 0.15) is 17.2 Å². The molecular formula is C27H24F2N2O3. The van der Waals surface area contributed by atoms with Crippen LogP contribution in [0.1, 0.15) is 29.6 Å². The van der Waals surface area contributed by atoms with E-state index in [2.05, 4.69) is 0 Å². The summed E-state index contributed by atoms with van der Waals surface area (Å²) >= 11 is 0. The van der Waals surface area contributed by atoms with E-state index >= 15 is 0 Å². The van der Waals surface area contributed by atoms with Gasteiger partial charge in [-0.15, -0.1) is 0 Å². The number of amides is 2. The molecule has 2 aliphatic heterocycles. The summed E-state index contributed by atoms with van der Waals surface area (Å²) in [7, 11) is 0. The molecule has 1 atom stereocenters. The molecule has 34 heavy (non-hydrogen) atoms. The zero-order valence-electron chi connectivity index (χ0n) is 18.5. The first-order valence-corrected chi connectivity index (χ1v) is 11.3. The quantitative estimate of drug-likeness (QED) is 0.505. The van der Waals surface area contributed by atoms with Crippen LogP contribution in [0.4, 0.5) is 19.3 Å². The minimum absolute atomic E-state index is 0.0827. The highest BCUT2D eigenvalue weighted by atomic mass is 19.1. The number of ether oxygens (including phenoxy) is 1. The van der Waals surface area contributed by atoms with Gasteiger partial charge in [0.15, 0.2) is 0 Å². The average molecular weight is 462 g/mol. The smallest absolute Gasteiger partial charge is 0.415 e. The molecule has 7 heteroatoms. The average Bonchev–Trinajstić information content (AvgIpc) is 3.03. The predicted molar refractivity (Wildman–Crippen MR) is 125 cm³/mol. The fraction of sp³-hybridized carbons (Fsp3) is 0.259. The zero-order chi connectivity index (χ0) is 23.7. The number of anilines is 1. The number of carbonyl (C=O) groups is 2. The molecule has 0 aromatic heterocycles. The van der Waals surface area contributed by atoms with Crippen molar-refractivity contribution in [2.24, 2.45) is 0 Å². The summed E-state index contributed by atoms with van der Waals surface area (Å²) in [5.74, 6) is -0.751. The highest BCUT2D eigenvalue weighted by Gasteiger charge is 2.46. The van der Waals surface area contributed by atoms with E-state index < -0.39 is 11.7 Å². The third-order valence-electron chi connectivity index (χ3n) is 6.58. The Labute approximate surface area is 196 Å². The Hall–Kier alpha value is -3.74. The molecular weight excluding hydrogens is 438 g/mol. The lowest BCUT2D eigenvalue weighted by Gasteiger charge is -2.25. The van der Waals surface area contributed by atoms with E-state index in [4.69, 9.17) is 4.74 Å². The van der Waals surface area contributed by atoms with Crippen molar-refractivity contribution in [1.29, 1.82) is 0 Å². The van der Waals surface area contributed by atoms with Crippen molar-refractivity contribution >= 4 is 17.7 Å². The van der Waals surface area contributed by atoms with Crippen LogP contribution in [0.3, 0.4) is 0 Å². The molecule has 1 unspecified atom stereocenters. The number of likely N-dealkylation sites (tertiary alicyclic amines) is 1.